The number of quaternary nitrogens is 1. The molecule has 0 bridgehead atoms. The fraction of sp³-hybridized carbons (Fsp3) is 0.915. The van der Waals surface area contributed by atoms with E-state index in [1.54, 1.807) is 0 Å². The molecule has 0 saturated heterocycles. The number of ether oxygens (including phenoxy) is 1. The lowest BCUT2D eigenvalue weighted by molar-refractivity contribution is -0.870. The fourth-order valence-corrected chi connectivity index (χ4v) is 11.6. The first kappa shape index (κ1) is 79.5. The summed E-state index contributed by atoms with van der Waals surface area (Å²) in [6.07, 6.45) is 74.7. The molecule has 0 aromatic rings. The molecule has 0 aliphatic carbocycles. The molecule has 3 unspecified atom stereocenters. The Bertz CT molecular complexity index is 1430. The van der Waals surface area contributed by atoms with Gasteiger partial charge in [0.2, 0.25) is 5.91 Å². The van der Waals surface area contributed by atoms with Gasteiger partial charge in [0.25, 0.3) is 0 Å². The Balaban J connectivity index is 5.08. The van der Waals surface area contributed by atoms with Crippen LogP contribution in [0.1, 0.15) is 367 Å². The number of phosphoric acid groups is 1. The van der Waals surface area contributed by atoms with Crippen LogP contribution in [0.15, 0.2) is 24.3 Å². The molecule has 0 aromatic carbocycles. The molecule has 0 aliphatic rings. The van der Waals surface area contributed by atoms with Crippen molar-refractivity contribution in [1.29, 1.82) is 0 Å². The highest BCUT2D eigenvalue weighted by molar-refractivity contribution is 7.47. The van der Waals surface area contributed by atoms with Crippen molar-refractivity contribution >= 4 is 19.7 Å². The molecule has 3 atom stereocenters. The van der Waals surface area contributed by atoms with Crippen molar-refractivity contribution in [2.75, 3.05) is 40.9 Å². The molecule has 0 aliphatic heterocycles. The Morgan fingerprint density at radius 2 is 0.716 bits per heavy atom. The lowest BCUT2D eigenvalue weighted by atomic mass is 10.0. The molecule has 1 amide bonds. The summed E-state index contributed by atoms with van der Waals surface area (Å²) in [5.41, 5.74) is 0. The molecule has 0 rings (SSSR count). The molecule has 0 heterocycles. The Morgan fingerprint density at radius 3 is 1.05 bits per heavy atom. The number of nitrogens with zero attached hydrogens (tertiary/aromatic N) is 1. The van der Waals surface area contributed by atoms with Crippen molar-refractivity contribution in [3.05, 3.63) is 24.3 Å². The van der Waals surface area contributed by atoms with E-state index in [1.807, 2.05) is 27.2 Å². The van der Waals surface area contributed by atoms with Gasteiger partial charge in [-0.05, 0) is 57.4 Å². The summed E-state index contributed by atoms with van der Waals surface area (Å²) < 4.78 is 30.9. The second-order valence-electron chi connectivity index (χ2n) is 25.8. The van der Waals surface area contributed by atoms with Crippen LogP contribution in [-0.4, -0.2) is 74.3 Å². The number of esters is 1. The number of hydrogen-bond donors (Lipinski definition) is 2. The Labute approximate surface area is 504 Å². The summed E-state index contributed by atoms with van der Waals surface area (Å²) in [5.74, 6) is -0.481. The molecule has 0 fully saturated rings. The van der Waals surface area contributed by atoms with E-state index in [9.17, 15) is 19.0 Å². The zero-order chi connectivity index (χ0) is 59.3. The van der Waals surface area contributed by atoms with Gasteiger partial charge in [-0.25, -0.2) is 4.57 Å². The summed E-state index contributed by atoms with van der Waals surface area (Å²) in [6.45, 7) is 7.08. The van der Waals surface area contributed by atoms with Crippen LogP contribution in [0.25, 0.3) is 0 Å². The number of allylic oxidation sites excluding steroid dienone is 3. The lowest BCUT2D eigenvalue weighted by Gasteiger charge is -2.27. The first-order chi connectivity index (χ1) is 39.4. The monoisotopic (exact) mass is 1160 g/mol. The number of carbonyl (C=O) groups is 2. The van der Waals surface area contributed by atoms with Crippen molar-refractivity contribution in [2.24, 2.45) is 0 Å². The molecule has 2 N–H and O–H groups in total. The van der Waals surface area contributed by atoms with Crippen LogP contribution in [0, 0.1) is 0 Å². The summed E-state index contributed by atoms with van der Waals surface area (Å²) in [4.78, 5) is 37.9. The van der Waals surface area contributed by atoms with E-state index in [4.69, 9.17) is 13.8 Å². The maximum atomic E-state index is 13.6. The number of hydrogen-bond acceptors (Lipinski definition) is 6. The van der Waals surface area contributed by atoms with Gasteiger partial charge in [0.1, 0.15) is 19.3 Å². The third-order valence-corrected chi connectivity index (χ3v) is 17.4. The highest BCUT2D eigenvalue weighted by Crippen LogP contribution is 2.43. The molecule has 10 heteroatoms. The predicted molar refractivity (Wildman–Crippen MR) is 351 cm³/mol. The Hall–Kier alpha value is -1.51. The van der Waals surface area contributed by atoms with E-state index in [-0.39, 0.29) is 25.1 Å². The van der Waals surface area contributed by atoms with Gasteiger partial charge in [0.05, 0.1) is 33.8 Å². The van der Waals surface area contributed by atoms with E-state index < -0.39 is 20.0 Å². The number of carbonyl (C=O) groups excluding carboxylic acids is 2. The molecule has 0 radical (unpaired) electrons. The molecule has 0 saturated carbocycles. The number of rotatable bonds is 66. The van der Waals surface area contributed by atoms with Crippen molar-refractivity contribution in [3.8, 4) is 0 Å². The minimum absolute atomic E-state index is 0.0445. The maximum absolute atomic E-state index is 13.6. The molecule has 9 nitrogen and oxygen atoms in total. The highest BCUT2D eigenvalue weighted by atomic mass is 31.2. The van der Waals surface area contributed by atoms with Crippen LogP contribution in [0.5, 0.6) is 0 Å². The summed E-state index contributed by atoms with van der Waals surface area (Å²) in [5, 5.41) is 3.08. The first-order valence-electron chi connectivity index (χ1n) is 35.7. The largest absolute Gasteiger partial charge is 0.472 e. The minimum Gasteiger partial charge on any atom is -0.456 e. The van der Waals surface area contributed by atoms with Crippen LogP contribution >= 0.6 is 7.82 Å². The van der Waals surface area contributed by atoms with Gasteiger partial charge in [-0.1, -0.05) is 322 Å². The Kier molecular flexibility index (Phi) is 60.4. The molecular formula is C71H140N2O7P+. The van der Waals surface area contributed by atoms with Gasteiger partial charge >= 0.3 is 13.8 Å². The van der Waals surface area contributed by atoms with Gasteiger partial charge in [-0.15, -0.1) is 0 Å². The van der Waals surface area contributed by atoms with Crippen LogP contribution in [0.3, 0.4) is 0 Å². The topological polar surface area (TPSA) is 111 Å². The minimum atomic E-state index is -4.45. The van der Waals surface area contributed by atoms with Crippen molar-refractivity contribution in [3.63, 3.8) is 0 Å². The number of amides is 1. The third-order valence-electron chi connectivity index (χ3n) is 16.4. The van der Waals surface area contributed by atoms with Gasteiger partial charge in [0, 0.05) is 12.8 Å². The number of unbranched alkanes of at least 4 members (excludes halogenated alkanes) is 48. The summed E-state index contributed by atoms with van der Waals surface area (Å²) in [7, 11) is 1.52. The SMILES string of the molecule is CCCCCCCC/C=C/CCCCCCCCCCCCCCCC(=O)NC(COP(=O)(O)OCC[N+](C)(C)C)C(/C=C/CCCCCCCCCCCCC)OC(=O)CCCCCCCCCCCCCCCCCCCCC. The normalized spacial score (nSPS) is 13.6. The third kappa shape index (κ3) is 62.8. The second kappa shape index (κ2) is 61.6. The van der Waals surface area contributed by atoms with Crippen LogP contribution in [0.4, 0.5) is 0 Å². The van der Waals surface area contributed by atoms with E-state index in [1.165, 1.54) is 276 Å². The Morgan fingerprint density at radius 1 is 0.420 bits per heavy atom. The van der Waals surface area contributed by atoms with Gasteiger partial charge in [-0.2, -0.15) is 0 Å². The van der Waals surface area contributed by atoms with E-state index in [0.717, 1.165) is 57.8 Å². The van der Waals surface area contributed by atoms with Crippen molar-refractivity contribution in [1.82, 2.24) is 5.32 Å². The smallest absolute Gasteiger partial charge is 0.456 e. The molecule has 81 heavy (non-hydrogen) atoms. The van der Waals surface area contributed by atoms with Gasteiger partial charge in [0.15, 0.2) is 0 Å². The van der Waals surface area contributed by atoms with Crippen LogP contribution < -0.4 is 5.32 Å². The standard InChI is InChI=1S/C71H139N2O7P/c1-7-10-13-16-19-22-25-28-30-32-34-35-36-37-39-40-42-45-48-51-54-57-60-63-70(74)72-68(67-79-81(76,77)78-66-65-73(4,5)6)69(62-59-56-53-50-47-44-27-24-21-18-15-12-9-3)80-71(75)64-61-58-55-52-49-46-43-41-38-33-31-29-26-23-20-17-14-11-8-2/h28,30,59,62,68-69H,7-27,29,31-58,60-61,63-67H2,1-6H3,(H-,72,74,76,77)/p+1/b30-28+,62-59+. The average molecular weight is 1160 g/mol. The van der Waals surface area contributed by atoms with Crippen molar-refractivity contribution in [2.45, 2.75) is 380 Å². The van der Waals surface area contributed by atoms with Gasteiger partial charge < -0.3 is 19.4 Å². The quantitative estimate of drug-likeness (QED) is 0.0205. The zero-order valence-electron chi connectivity index (χ0n) is 55.1. The summed E-state index contributed by atoms with van der Waals surface area (Å²) in [6, 6.07) is -0.843. The lowest BCUT2D eigenvalue weighted by Crippen LogP contribution is -2.47. The molecule has 0 spiro atoms. The number of phosphoric ester groups is 1. The van der Waals surface area contributed by atoms with E-state index in [2.05, 4.69) is 44.3 Å². The average Bonchev–Trinajstić information content (AvgIpc) is 3.44. The number of nitrogens with one attached hydrogen (secondary N) is 1. The predicted octanol–water partition coefficient (Wildman–Crippen LogP) is 22.5. The zero-order valence-corrected chi connectivity index (χ0v) is 56.0. The van der Waals surface area contributed by atoms with E-state index in [0.29, 0.717) is 23.9 Å². The summed E-state index contributed by atoms with van der Waals surface area (Å²) >= 11 is 0. The molecular weight excluding hydrogens is 1020 g/mol. The van der Waals surface area contributed by atoms with Crippen molar-refractivity contribution < 1.29 is 37.3 Å². The molecule has 0 aromatic heterocycles. The van der Waals surface area contributed by atoms with Crippen LogP contribution in [0.2, 0.25) is 0 Å². The van der Waals surface area contributed by atoms with Crippen LogP contribution in [-0.2, 0) is 27.9 Å². The highest BCUT2D eigenvalue weighted by Gasteiger charge is 2.30. The first-order valence-corrected chi connectivity index (χ1v) is 37.2. The van der Waals surface area contributed by atoms with E-state index >= 15 is 0 Å². The number of likely N-dealkylation sites (N-methyl/N-ethyl adjacent to an activating group) is 1. The molecule has 480 valence electrons. The fourth-order valence-electron chi connectivity index (χ4n) is 10.9. The second-order valence-corrected chi connectivity index (χ2v) is 27.2. The van der Waals surface area contributed by atoms with Gasteiger partial charge in [-0.3, -0.25) is 18.6 Å². The maximum Gasteiger partial charge on any atom is 0.472 e.